The van der Waals surface area contributed by atoms with Crippen LogP contribution in [-0.2, 0) is 23.9 Å². The highest BCUT2D eigenvalue weighted by molar-refractivity contribution is 5.93. The first-order valence-electron chi connectivity index (χ1n) is 14.7. The minimum absolute atomic E-state index is 0.00104. The van der Waals surface area contributed by atoms with E-state index in [4.69, 9.17) is 9.47 Å². The number of carbonyl (C=O) groups is 3. The topological polar surface area (TPSA) is 110 Å². The Kier molecular flexibility index (Phi) is 6.78. The molecule has 0 bridgehead atoms. The van der Waals surface area contributed by atoms with Crippen LogP contribution in [0.4, 0.5) is 0 Å². The molecule has 10 atom stereocenters. The third-order valence-electron chi connectivity index (χ3n) is 12.3. The molecule has 0 radical (unpaired) electrons. The van der Waals surface area contributed by atoms with Crippen LogP contribution in [0.3, 0.4) is 0 Å². The van der Waals surface area contributed by atoms with Gasteiger partial charge < -0.3 is 19.7 Å². The van der Waals surface area contributed by atoms with E-state index in [1.165, 1.54) is 12.5 Å². The van der Waals surface area contributed by atoms with Gasteiger partial charge in [-0.1, -0.05) is 44.9 Å². The van der Waals surface area contributed by atoms with Crippen LogP contribution < -0.4 is 0 Å². The second kappa shape index (κ2) is 9.27. The summed E-state index contributed by atoms with van der Waals surface area (Å²) >= 11 is 0. The first kappa shape index (κ1) is 28.5. The van der Waals surface area contributed by atoms with E-state index < -0.39 is 29.7 Å². The van der Waals surface area contributed by atoms with Crippen LogP contribution in [0, 0.1) is 45.3 Å². The number of rotatable bonds is 5. The van der Waals surface area contributed by atoms with Gasteiger partial charge >= 0.3 is 11.9 Å². The van der Waals surface area contributed by atoms with Gasteiger partial charge in [-0.3, -0.25) is 14.4 Å². The fourth-order valence-corrected chi connectivity index (χ4v) is 10.3. The molecule has 4 fully saturated rings. The molecule has 1 unspecified atom stereocenters. The molecule has 1 saturated heterocycles. The maximum atomic E-state index is 13.0. The number of esters is 2. The summed E-state index contributed by atoms with van der Waals surface area (Å²) in [6, 6.07) is 0. The molecule has 216 valence electrons. The lowest BCUT2D eigenvalue weighted by Crippen LogP contribution is -2.62. The molecule has 5 rings (SSSR count). The maximum Gasteiger partial charge on any atom is 0.310 e. The average molecular weight is 543 g/mol. The monoisotopic (exact) mass is 542 g/mol. The highest BCUT2D eigenvalue weighted by Gasteiger charge is 2.72. The predicted octanol–water partition coefficient (Wildman–Crippen LogP) is 4.89. The van der Waals surface area contributed by atoms with Crippen LogP contribution in [0.2, 0.25) is 0 Å². The Morgan fingerprint density at radius 1 is 1.13 bits per heavy atom. The maximum absolute atomic E-state index is 13.0. The first-order chi connectivity index (χ1) is 18.1. The number of carbonyl (C=O) groups excluding carboxylic acids is 3. The smallest absolute Gasteiger partial charge is 0.310 e. The van der Waals surface area contributed by atoms with Gasteiger partial charge in [0.1, 0.15) is 12.2 Å². The van der Waals surface area contributed by atoms with Gasteiger partial charge in [0.05, 0.1) is 11.3 Å². The van der Waals surface area contributed by atoms with Gasteiger partial charge in [-0.2, -0.15) is 0 Å². The lowest BCUT2D eigenvalue weighted by Gasteiger charge is -2.64. The Labute approximate surface area is 232 Å². The van der Waals surface area contributed by atoms with E-state index in [1.54, 1.807) is 6.08 Å². The van der Waals surface area contributed by atoms with E-state index in [0.29, 0.717) is 12.8 Å². The average Bonchev–Trinajstić information content (AvgIpc) is 3.24. The largest absolute Gasteiger partial charge is 0.462 e. The Morgan fingerprint density at radius 2 is 1.82 bits per heavy atom. The number of hydrogen-bond acceptors (Lipinski definition) is 7. The number of aliphatic hydroxyl groups excluding tert-OH is 1. The van der Waals surface area contributed by atoms with Crippen LogP contribution in [0.5, 0.6) is 0 Å². The van der Waals surface area contributed by atoms with Gasteiger partial charge in [0.15, 0.2) is 12.1 Å². The normalized spacial score (nSPS) is 46.3. The van der Waals surface area contributed by atoms with Crippen LogP contribution in [0.1, 0.15) is 93.4 Å². The molecule has 2 N–H and O–H groups in total. The molecule has 1 aliphatic heterocycles. The number of hydrogen-bond donors (Lipinski definition) is 2. The van der Waals surface area contributed by atoms with Crippen LogP contribution in [-0.4, -0.2) is 46.4 Å². The molecule has 0 spiro atoms. The van der Waals surface area contributed by atoms with E-state index in [2.05, 4.69) is 26.8 Å². The highest BCUT2D eigenvalue weighted by Crippen LogP contribution is 2.74. The van der Waals surface area contributed by atoms with Gasteiger partial charge in [-0.05, 0) is 86.5 Å². The second-order valence-corrected chi connectivity index (χ2v) is 14.4. The van der Waals surface area contributed by atoms with Gasteiger partial charge in [0, 0.05) is 19.3 Å². The summed E-state index contributed by atoms with van der Waals surface area (Å²) in [6.45, 7) is 14.0. The van der Waals surface area contributed by atoms with Crippen molar-refractivity contribution in [2.24, 2.45) is 45.3 Å². The van der Waals surface area contributed by atoms with Gasteiger partial charge in [-0.15, -0.1) is 0 Å². The first-order valence-corrected chi connectivity index (χ1v) is 14.7. The minimum atomic E-state index is -1.60. The molecule has 0 aromatic carbocycles. The minimum Gasteiger partial charge on any atom is -0.462 e. The van der Waals surface area contributed by atoms with Crippen LogP contribution in [0.25, 0.3) is 0 Å². The molecule has 7 heteroatoms. The van der Waals surface area contributed by atoms with Crippen molar-refractivity contribution >= 4 is 17.7 Å². The summed E-state index contributed by atoms with van der Waals surface area (Å²) in [5.41, 5.74) is 0.829. The molecule has 3 saturated carbocycles. The summed E-state index contributed by atoms with van der Waals surface area (Å²) < 4.78 is 11.7. The number of ether oxygens (including phenoxy) is 2. The van der Waals surface area contributed by atoms with E-state index in [9.17, 15) is 24.6 Å². The molecule has 5 aliphatic rings. The SMILES string of the molecule is CC(=O)O[C@@H]1CC[C@@]2(C)[C@@H](CC=C3[C@@H]2CC[C@@]2(C)[C@H]4C(C[C@]32C)OC(=O)[C@H]4CC(=O)C=C(C)C)[C@]1(C)C(O)O. The van der Waals surface area contributed by atoms with Crippen molar-refractivity contribution in [3.63, 3.8) is 0 Å². The Morgan fingerprint density at radius 3 is 2.44 bits per heavy atom. The zero-order valence-corrected chi connectivity index (χ0v) is 24.6. The molecule has 0 amide bonds. The van der Waals surface area contributed by atoms with Gasteiger partial charge in [0.25, 0.3) is 0 Å². The van der Waals surface area contributed by atoms with Crippen molar-refractivity contribution in [1.82, 2.24) is 0 Å². The zero-order valence-electron chi connectivity index (χ0n) is 24.6. The number of fused-ring (bicyclic) bond motifs is 7. The quantitative estimate of drug-likeness (QED) is 0.220. The highest BCUT2D eigenvalue weighted by atomic mass is 16.6. The van der Waals surface area contributed by atoms with Crippen molar-refractivity contribution in [2.45, 2.75) is 112 Å². The Bertz CT molecular complexity index is 1130. The number of ketones is 1. The molecular formula is C32H46O7. The number of aliphatic hydroxyl groups is 2. The summed E-state index contributed by atoms with van der Waals surface area (Å²) in [7, 11) is 0. The van der Waals surface area contributed by atoms with E-state index in [-0.39, 0.29) is 58.3 Å². The number of allylic oxidation sites excluding steroid dienone is 4. The van der Waals surface area contributed by atoms with E-state index in [0.717, 1.165) is 31.3 Å². The van der Waals surface area contributed by atoms with Gasteiger partial charge in [0.2, 0.25) is 0 Å². The lowest BCUT2D eigenvalue weighted by atomic mass is 9.40. The molecular weight excluding hydrogens is 496 g/mol. The fraction of sp³-hybridized carbons (Fsp3) is 0.781. The third kappa shape index (κ3) is 3.93. The molecule has 0 aromatic heterocycles. The van der Waals surface area contributed by atoms with E-state index >= 15 is 0 Å². The van der Waals surface area contributed by atoms with Crippen LogP contribution >= 0.6 is 0 Å². The van der Waals surface area contributed by atoms with Crippen molar-refractivity contribution in [2.75, 3.05) is 0 Å². The molecule has 0 aromatic rings. The van der Waals surface area contributed by atoms with Crippen LogP contribution in [0.15, 0.2) is 23.3 Å². The third-order valence-corrected chi connectivity index (χ3v) is 12.3. The fourth-order valence-electron chi connectivity index (χ4n) is 10.3. The van der Waals surface area contributed by atoms with Crippen molar-refractivity contribution in [3.05, 3.63) is 23.3 Å². The lowest BCUT2D eigenvalue weighted by molar-refractivity contribution is -0.247. The molecule has 1 heterocycles. The van der Waals surface area contributed by atoms with Crippen molar-refractivity contribution in [3.8, 4) is 0 Å². The summed E-state index contributed by atoms with van der Waals surface area (Å²) in [6.07, 6.45) is 6.56. The van der Waals surface area contributed by atoms with Crippen molar-refractivity contribution in [1.29, 1.82) is 0 Å². The Balaban J connectivity index is 1.50. The summed E-state index contributed by atoms with van der Waals surface area (Å²) in [5.74, 6) is -0.853. The summed E-state index contributed by atoms with van der Waals surface area (Å²) in [4.78, 5) is 37.7. The predicted molar refractivity (Wildman–Crippen MR) is 145 cm³/mol. The Hall–Kier alpha value is -1.99. The summed E-state index contributed by atoms with van der Waals surface area (Å²) in [5, 5.41) is 21.3. The molecule has 7 nitrogen and oxygen atoms in total. The van der Waals surface area contributed by atoms with Gasteiger partial charge in [-0.25, -0.2) is 0 Å². The standard InChI is InChI=1S/C32H46O7/c1-17(2)14-19(34)15-20-26-23(39-27(20)35)16-31(6)22-8-9-24-29(4,21(22)10-13-30(26,31)5)12-11-25(38-18(3)33)32(24,7)28(36)37/h8,14,20-21,23-26,28,36-37H,9-13,15-16H2,1-7H3/t20-,21-,23?,24+,25+,26+,29+,30-,31+,32-/m0/s1. The molecule has 4 aliphatic carbocycles. The second-order valence-electron chi connectivity index (χ2n) is 14.4. The molecule has 39 heavy (non-hydrogen) atoms. The van der Waals surface area contributed by atoms with E-state index in [1.807, 2.05) is 20.8 Å². The zero-order chi connectivity index (χ0) is 28.7. The van der Waals surface area contributed by atoms with Crippen molar-refractivity contribution < 1.29 is 34.1 Å².